The molecule has 1 heterocycles. The fourth-order valence-corrected chi connectivity index (χ4v) is 2.66. The van der Waals surface area contributed by atoms with Gasteiger partial charge in [-0.2, -0.15) is 0 Å². The van der Waals surface area contributed by atoms with E-state index in [1.807, 2.05) is 17.9 Å². The Labute approximate surface area is 123 Å². The molecule has 0 aromatic heterocycles. The fraction of sp³-hybridized carbons (Fsp3) is 0.500. The predicted octanol–water partition coefficient (Wildman–Crippen LogP) is 0.770. The summed E-state index contributed by atoms with van der Waals surface area (Å²) in [4.78, 5) is 26.6. The first-order valence-corrected chi connectivity index (χ1v) is 6.86. The molecule has 1 N–H and O–H groups in total. The van der Waals surface area contributed by atoms with Crippen LogP contribution in [0.25, 0.3) is 0 Å². The van der Waals surface area contributed by atoms with Crippen molar-refractivity contribution in [3.05, 3.63) is 33.9 Å². The molecule has 21 heavy (non-hydrogen) atoms. The van der Waals surface area contributed by atoms with Crippen molar-refractivity contribution in [3.8, 4) is 0 Å². The van der Waals surface area contributed by atoms with Gasteiger partial charge in [-0.15, -0.1) is 0 Å². The van der Waals surface area contributed by atoms with Gasteiger partial charge in [0.15, 0.2) is 0 Å². The molecule has 1 unspecified atom stereocenters. The highest BCUT2D eigenvalue weighted by Crippen LogP contribution is 2.33. The van der Waals surface area contributed by atoms with Gasteiger partial charge < -0.3 is 15.1 Å². The van der Waals surface area contributed by atoms with Crippen molar-refractivity contribution < 1.29 is 9.72 Å². The van der Waals surface area contributed by atoms with Gasteiger partial charge in [0.05, 0.1) is 4.92 Å². The summed E-state index contributed by atoms with van der Waals surface area (Å²) in [6.45, 7) is 3.59. The summed E-state index contributed by atoms with van der Waals surface area (Å²) in [5.41, 5.74) is 1.40. The van der Waals surface area contributed by atoms with Crippen LogP contribution in [0.5, 0.6) is 0 Å². The highest BCUT2D eigenvalue weighted by atomic mass is 16.6. The van der Waals surface area contributed by atoms with Crippen LogP contribution in [0.4, 0.5) is 11.4 Å². The van der Waals surface area contributed by atoms with Crippen molar-refractivity contribution in [3.63, 3.8) is 0 Å². The standard InChI is InChI=1S/C14H20N4O3/c1-10-5-4-6-11(18(20)21)13(10)17-8-7-15-9-12(17)14(19)16(2)3/h4-6,12,15H,7-9H2,1-3H3. The molecule has 1 saturated heterocycles. The highest BCUT2D eigenvalue weighted by molar-refractivity contribution is 5.87. The minimum atomic E-state index is -0.423. The number of nitrogens with one attached hydrogen (secondary N) is 1. The first-order chi connectivity index (χ1) is 9.93. The molecule has 1 amide bonds. The predicted molar refractivity (Wildman–Crippen MR) is 80.5 cm³/mol. The van der Waals surface area contributed by atoms with E-state index in [4.69, 9.17) is 0 Å². The summed E-state index contributed by atoms with van der Waals surface area (Å²) < 4.78 is 0. The van der Waals surface area contributed by atoms with Gasteiger partial charge in [-0.05, 0) is 12.5 Å². The largest absolute Gasteiger partial charge is 0.351 e. The zero-order chi connectivity index (χ0) is 15.6. The molecule has 2 rings (SSSR count). The molecule has 7 nitrogen and oxygen atoms in total. The average molecular weight is 292 g/mol. The van der Waals surface area contributed by atoms with E-state index in [0.717, 1.165) is 5.56 Å². The van der Waals surface area contributed by atoms with Crippen LogP contribution in [0.3, 0.4) is 0 Å². The molecule has 1 atom stereocenters. The van der Waals surface area contributed by atoms with E-state index in [1.54, 1.807) is 20.2 Å². The number of nitro benzene ring substituents is 1. The number of anilines is 1. The number of piperazine rings is 1. The second-order valence-electron chi connectivity index (χ2n) is 5.35. The number of hydrogen-bond donors (Lipinski definition) is 1. The lowest BCUT2D eigenvalue weighted by Gasteiger charge is -2.38. The molecule has 0 spiro atoms. The SMILES string of the molecule is Cc1cccc([N+](=O)[O-])c1N1CCNCC1C(=O)N(C)C. The number of likely N-dealkylation sites (N-methyl/N-ethyl adjacent to an activating group) is 1. The van der Waals surface area contributed by atoms with Crippen LogP contribution in [0.15, 0.2) is 18.2 Å². The van der Waals surface area contributed by atoms with E-state index in [0.29, 0.717) is 25.3 Å². The van der Waals surface area contributed by atoms with Gasteiger partial charge in [0.1, 0.15) is 11.7 Å². The quantitative estimate of drug-likeness (QED) is 0.657. The fourth-order valence-electron chi connectivity index (χ4n) is 2.66. The maximum absolute atomic E-state index is 12.3. The molecule has 1 aromatic rings. The summed E-state index contributed by atoms with van der Waals surface area (Å²) in [6.07, 6.45) is 0. The van der Waals surface area contributed by atoms with Crippen LogP contribution in [0, 0.1) is 17.0 Å². The molecular weight excluding hydrogens is 272 g/mol. The third kappa shape index (κ3) is 2.97. The summed E-state index contributed by atoms with van der Waals surface area (Å²) in [5.74, 6) is -0.0558. The molecule has 1 fully saturated rings. The third-order valence-corrected chi connectivity index (χ3v) is 3.67. The van der Waals surface area contributed by atoms with E-state index in [2.05, 4.69) is 5.32 Å². The zero-order valence-corrected chi connectivity index (χ0v) is 12.5. The molecule has 0 radical (unpaired) electrons. The Hall–Kier alpha value is -2.15. The minimum absolute atomic E-state index is 0.0495. The van der Waals surface area contributed by atoms with Crippen LogP contribution in [0.2, 0.25) is 0 Å². The van der Waals surface area contributed by atoms with Crippen LogP contribution in [-0.4, -0.2) is 55.5 Å². The molecule has 0 aliphatic carbocycles. The van der Waals surface area contributed by atoms with Crippen LogP contribution < -0.4 is 10.2 Å². The maximum Gasteiger partial charge on any atom is 0.292 e. The summed E-state index contributed by atoms with van der Waals surface area (Å²) >= 11 is 0. The molecular formula is C14H20N4O3. The number of nitrogens with zero attached hydrogens (tertiary/aromatic N) is 3. The summed E-state index contributed by atoms with van der Waals surface area (Å²) in [6, 6.07) is 4.57. The van der Waals surface area contributed by atoms with Gasteiger partial charge in [0.25, 0.3) is 5.69 Å². The van der Waals surface area contributed by atoms with Gasteiger partial charge in [-0.1, -0.05) is 12.1 Å². The Morgan fingerprint density at radius 1 is 1.48 bits per heavy atom. The number of carbonyl (C=O) groups is 1. The molecule has 7 heteroatoms. The van der Waals surface area contributed by atoms with Crippen molar-refractivity contribution >= 4 is 17.3 Å². The highest BCUT2D eigenvalue weighted by Gasteiger charge is 2.34. The van der Waals surface area contributed by atoms with Crippen molar-refractivity contribution in [2.75, 3.05) is 38.6 Å². The first-order valence-electron chi connectivity index (χ1n) is 6.86. The molecule has 0 bridgehead atoms. The number of nitro groups is 1. The number of rotatable bonds is 3. The number of hydrogen-bond acceptors (Lipinski definition) is 5. The third-order valence-electron chi connectivity index (χ3n) is 3.67. The van der Waals surface area contributed by atoms with Crippen LogP contribution in [0.1, 0.15) is 5.56 Å². The summed E-state index contributed by atoms with van der Waals surface area (Å²) in [7, 11) is 3.39. The number of para-hydroxylation sites is 1. The summed E-state index contributed by atoms with van der Waals surface area (Å²) in [5, 5.41) is 14.5. The van der Waals surface area contributed by atoms with E-state index in [-0.39, 0.29) is 16.5 Å². The Morgan fingerprint density at radius 3 is 2.81 bits per heavy atom. The average Bonchev–Trinajstić information content (AvgIpc) is 2.46. The van der Waals surface area contributed by atoms with Crippen molar-refractivity contribution in [2.24, 2.45) is 0 Å². The first kappa shape index (κ1) is 15.2. The monoisotopic (exact) mass is 292 g/mol. The smallest absolute Gasteiger partial charge is 0.292 e. The van der Waals surface area contributed by atoms with Gasteiger partial charge in [0, 0.05) is 39.8 Å². The van der Waals surface area contributed by atoms with E-state index >= 15 is 0 Å². The minimum Gasteiger partial charge on any atom is -0.351 e. The Kier molecular flexibility index (Phi) is 4.42. The molecule has 0 saturated carbocycles. The number of benzene rings is 1. The molecule has 1 aliphatic heterocycles. The lowest BCUT2D eigenvalue weighted by atomic mass is 10.1. The van der Waals surface area contributed by atoms with Gasteiger partial charge in [-0.25, -0.2) is 0 Å². The second-order valence-corrected chi connectivity index (χ2v) is 5.35. The number of amides is 1. The normalized spacial score (nSPS) is 18.4. The molecule has 1 aliphatic rings. The van der Waals surface area contributed by atoms with Gasteiger partial charge in [-0.3, -0.25) is 14.9 Å². The van der Waals surface area contributed by atoms with Crippen molar-refractivity contribution in [1.29, 1.82) is 0 Å². The van der Waals surface area contributed by atoms with Gasteiger partial charge in [0.2, 0.25) is 5.91 Å². The Bertz CT molecular complexity index is 559. The van der Waals surface area contributed by atoms with Crippen molar-refractivity contribution in [2.45, 2.75) is 13.0 Å². The van der Waals surface area contributed by atoms with Crippen LogP contribution >= 0.6 is 0 Å². The lowest BCUT2D eigenvalue weighted by Crippen LogP contribution is -2.58. The van der Waals surface area contributed by atoms with Crippen LogP contribution in [-0.2, 0) is 4.79 Å². The lowest BCUT2D eigenvalue weighted by molar-refractivity contribution is -0.384. The maximum atomic E-state index is 12.3. The Balaban J connectivity index is 2.47. The van der Waals surface area contributed by atoms with Crippen molar-refractivity contribution in [1.82, 2.24) is 10.2 Å². The molecule has 114 valence electrons. The second kappa shape index (κ2) is 6.09. The Morgan fingerprint density at radius 2 is 2.19 bits per heavy atom. The van der Waals surface area contributed by atoms with E-state index in [1.165, 1.54) is 11.0 Å². The van der Waals surface area contributed by atoms with E-state index < -0.39 is 6.04 Å². The van der Waals surface area contributed by atoms with Gasteiger partial charge >= 0.3 is 0 Å². The zero-order valence-electron chi connectivity index (χ0n) is 12.5. The molecule has 1 aromatic carbocycles. The van der Waals surface area contributed by atoms with E-state index in [9.17, 15) is 14.9 Å². The topological polar surface area (TPSA) is 78.7 Å². The number of carbonyl (C=O) groups excluding carboxylic acids is 1. The number of aryl methyl sites for hydroxylation is 1.